The molecule has 13 heteroatoms. The highest BCUT2D eigenvalue weighted by Gasteiger charge is 2.41. The van der Waals surface area contributed by atoms with E-state index in [4.69, 9.17) is 4.74 Å². The van der Waals surface area contributed by atoms with Gasteiger partial charge in [-0.25, -0.2) is 9.37 Å². The summed E-state index contributed by atoms with van der Waals surface area (Å²) < 4.78 is 19.3. The summed E-state index contributed by atoms with van der Waals surface area (Å²) in [5.41, 5.74) is 1.78. The first-order valence-electron chi connectivity index (χ1n) is 13.5. The summed E-state index contributed by atoms with van der Waals surface area (Å²) in [6.07, 6.45) is 1.98. The van der Waals surface area contributed by atoms with Crippen LogP contribution in [-0.4, -0.2) is 87.1 Å². The highest BCUT2D eigenvalue weighted by Crippen LogP contribution is 2.33. The van der Waals surface area contributed by atoms with Gasteiger partial charge in [-0.2, -0.15) is 0 Å². The number of aromatic amines is 2. The van der Waals surface area contributed by atoms with Crippen LogP contribution in [0.2, 0.25) is 0 Å². The van der Waals surface area contributed by atoms with Crippen molar-refractivity contribution < 1.29 is 23.8 Å². The molecule has 2 aliphatic rings. The van der Waals surface area contributed by atoms with Gasteiger partial charge in [0.15, 0.2) is 0 Å². The number of amides is 2. The number of ether oxygens (including phenoxy) is 1. The van der Waals surface area contributed by atoms with E-state index in [1.165, 1.54) is 29.3 Å². The Labute approximate surface area is 247 Å². The number of fused-ring (bicyclic) bond motifs is 2. The Bertz CT molecular complexity index is 1700. The molecule has 0 radical (unpaired) electrons. The van der Waals surface area contributed by atoms with Crippen molar-refractivity contribution in [3.8, 4) is 17.1 Å². The molecule has 11 nitrogen and oxygen atoms in total. The standard InChI is InChI=1S/C29H28BrFN6O5/c1-36-8-5-16(6-9-36)37-28(40)18-11-22-23(12-19(18)29(37)41)35-26(34-22)25-21(4-7-32-27(25)39)33-13-17(38)14-42-24-3-2-15(31)10-20(24)30/h2-4,7,10-12,16-17,38H,5-6,8-9,13-14H2,1H3,(H,34,35)(H2,32,33,39). The number of rotatable bonds is 8. The van der Waals surface area contributed by atoms with Crippen molar-refractivity contribution in [2.24, 2.45) is 0 Å². The van der Waals surface area contributed by atoms with Crippen LogP contribution in [0.3, 0.4) is 0 Å². The molecule has 0 spiro atoms. The summed E-state index contributed by atoms with van der Waals surface area (Å²) in [7, 11) is 2.02. The second-order valence-electron chi connectivity index (χ2n) is 10.5. The lowest BCUT2D eigenvalue weighted by Crippen LogP contribution is -2.46. The molecule has 42 heavy (non-hydrogen) atoms. The van der Waals surface area contributed by atoms with Crippen molar-refractivity contribution in [2.75, 3.05) is 38.6 Å². The number of benzene rings is 2. The number of nitrogens with one attached hydrogen (secondary N) is 3. The van der Waals surface area contributed by atoms with Crippen molar-refractivity contribution >= 4 is 44.5 Å². The van der Waals surface area contributed by atoms with Gasteiger partial charge >= 0.3 is 0 Å². The topological polar surface area (TPSA) is 144 Å². The number of carbonyl (C=O) groups excluding carboxylic acids is 2. The molecule has 2 aromatic carbocycles. The summed E-state index contributed by atoms with van der Waals surface area (Å²) in [5, 5.41) is 13.5. The number of aliphatic hydroxyl groups excluding tert-OH is 1. The van der Waals surface area contributed by atoms with Crippen molar-refractivity contribution in [3.63, 3.8) is 0 Å². The van der Waals surface area contributed by atoms with E-state index in [1.807, 2.05) is 7.05 Å². The molecule has 4 aromatic rings. The van der Waals surface area contributed by atoms with Crippen LogP contribution in [0.25, 0.3) is 22.4 Å². The summed E-state index contributed by atoms with van der Waals surface area (Å²) in [4.78, 5) is 53.3. The van der Waals surface area contributed by atoms with E-state index in [9.17, 15) is 23.9 Å². The van der Waals surface area contributed by atoms with Gasteiger partial charge in [-0.1, -0.05) is 0 Å². The van der Waals surface area contributed by atoms with Gasteiger partial charge in [0.2, 0.25) is 0 Å². The molecule has 1 fully saturated rings. The summed E-state index contributed by atoms with van der Waals surface area (Å²) >= 11 is 3.23. The van der Waals surface area contributed by atoms with Gasteiger partial charge in [0.1, 0.15) is 35.7 Å². The first kappa shape index (κ1) is 28.1. The Balaban J connectivity index is 1.20. The van der Waals surface area contributed by atoms with E-state index in [0.29, 0.717) is 38.1 Å². The number of likely N-dealkylation sites (tertiary alicyclic amines) is 1. The largest absolute Gasteiger partial charge is 0.490 e. The van der Waals surface area contributed by atoms with Crippen LogP contribution in [-0.2, 0) is 0 Å². The summed E-state index contributed by atoms with van der Waals surface area (Å²) in [5.74, 6) is -0.425. The van der Waals surface area contributed by atoms with Gasteiger partial charge < -0.3 is 30.0 Å². The number of hydrogen-bond donors (Lipinski definition) is 4. The predicted molar refractivity (Wildman–Crippen MR) is 157 cm³/mol. The minimum absolute atomic E-state index is 0.0413. The van der Waals surface area contributed by atoms with Crippen molar-refractivity contribution in [2.45, 2.75) is 25.0 Å². The molecule has 1 unspecified atom stereocenters. The fourth-order valence-electron chi connectivity index (χ4n) is 5.39. The Morgan fingerprint density at radius 3 is 2.62 bits per heavy atom. The smallest absolute Gasteiger partial charge is 0.261 e. The van der Waals surface area contributed by atoms with Gasteiger partial charge in [-0.05, 0) is 85.3 Å². The van der Waals surface area contributed by atoms with Crippen LogP contribution in [0.15, 0.2) is 51.9 Å². The van der Waals surface area contributed by atoms with Gasteiger partial charge in [-0.15, -0.1) is 0 Å². The first-order valence-corrected chi connectivity index (χ1v) is 14.3. The second-order valence-corrected chi connectivity index (χ2v) is 11.4. The number of anilines is 1. The molecular formula is C29H28BrFN6O5. The molecule has 2 aliphatic heterocycles. The minimum atomic E-state index is -0.961. The summed E-state index contributed by atoms with van der Waals surface area (Å²) in [6, 6.07) is 8.70. The van der Waals surface area contributed by atoms with Crippen molar-refractivity contribution in [1.29, 1.82) is 0 Å². The van der Waals surface area contributed by atoms with Gasteiger partial charge in [0.25, 0.3) is 17.4 Å². The average molecular weight is 639 g/mol. The summed E-state index contributed by atoms with van der Waals surface area (Å²) in [6.45, 7) is 1.60. The number of imidazole rings is 1. The third-order valence-corrected chi connectivity index (χ3v) is 8.24. The number of piperidine rings is 1. The van der Waals surface area contributed by atoms with E-state index in [0.717, 1.165) is 25.9 Å². The van der Waals surface area contributed by atoms with E-state index in [1.54, 1.807) is 18.2 Å². The van der Waals surface area contributed by atoms with Crippen molar-refractivity contribution in [3.05, 3.63) is 74.4 Å². The zero-order valence-electron chi connectivity index (χ0n) is 22.6. The maximum atomic E-state index is 13.3. The Morgan fingerprint density at radius 2 is 1.88 bits per heavy atom. The molecule has 0 aliphatic carbocycles. The average Bonchev–Trinajstić information content (AvgIpc) is 3.48. The lowest BCUT2D eigenvalue weighted by Gasteiger charge is -2.33. The molecule has 2 amide bonds. The molecule has 1 atom stereocenters. The molecule has 4 heterocycles. The number of halogens is 2. The number of hydrogen-bond acceptors (Lipinski definition) is 8. The van der Waals surface area contributed by atoms with E-state index in [-0.39, 0.29) is 42.4 Å². The van der Waals surface area contributed by atoms with Crippen LogP contribution < -0.4 is 15.6 Å². The first-order chi connectivity index (χ1) is 20.2. The van der Waals surface area contributed by atoms with Gasteiger partial charge in [0, 0.05) is 18.8 Å². The predicted octanol–water partition coefficient (Wildman–Crippen LogP) is 3.36. The monoisotopic (exact) mass is 638 g/mol. The maximum Gasteiger partial charge on any atom is 0.261 e. The SMILES string of the molecule is CN1CCC(N2C(=O)c3cc4nc(-c5c(NCC(O)COc6ccc(F)cc6Br)cc[nH]c5=O)[nH]c4cc3C2=O)CC1. The molecule has 4 N–H and O–H groups in total. The highest BCUT2D eigenvalue weighted by atomic mass is 79.9. The molecule has 2 aromatic heterocycles. The van der Waals surface area contributed by atoms with Crippen LogP contribution in [0.4, 0.5) is 10.1 Å². The fourth-order valence-corrected chi connectivity index (χ4v) is 5.86. The lowest BCUT2D eigenvalue weighted by molar-refractivity contribution is 0.0516. The highest BCUT2D eigenvalue weighted by molar-refractivity contribution is 9.10. The number of aromatic nitrogens is 3. The number of carbonyl (C=O) groups is 2. The minimum Gasteiger partial charge on any atom is -0.490 e. The number of aliphatic hydroxyl groups is 1. The number of pyridine rings is 1. The number of imide groups is 1. The van der Waals surface area contributed by atoms with E-state index >= 15 is 0 Å². The number of H-pyrrole nitrogens is 2. The van der Waals surface area contributed by atoms with Crippen LogP contribution in [0, 0.1) is 5.82 Å². The Kier molecular flexibility index (Phi) is 7.56. The van der Waals surface area contributed by atoms with Crippen molar-refractivity contribution in [1.82, 2.24) is 24.8 Å². The Hall–Kier alpha value is -4.07. The van der Waals surface area contributed by atoms with Gasteiger partial charge in [0.05, 0.1) is 32.3 Å². The molecule has 218 valence electrons. The molecule has 0 saturated carbocycles. The zero-order valence-corrected chi connectivity index (χ0v) is 24.2. The number of nitrogens with zero attached hydrogens (tertiary/aromatic N) is 3. The lowest BCUT2D eigenvalue weighted by atomic mass is 10.0. The fraction of sp³-hybridized carbons (Fsp3) is 0.310. The molecule has 1 saturated heterocycles. The third kappa shape index (κ3) is 5.30. The van der Waals surface area contributed by atoms with Crippen LogP contribution in [0.1, 0.15) is 33.6 Å². The quantitative estimate of drug-likeness (QED) is 0.215. The van der Waals surface area contributed by atoms with E-state index in [2.05, 4.69) is 41.1 Å². The van der Waals surface area contributed by atoms with Crippen LogP contribution >= 0.6 is 15.9 Å². The zero-order chi connectivity index (χ0) is 29.5. The maximum absolute atomic E-state index is 13.3. The van der Waals surface area contributed by atoms with Crippen LogP contribution in [0.5, 0.6) is 5.75 Å². The second kappa shape index (κ2) is 11.3. The normalized spacial score (nSPS) is 16.7. The molecule has 0 bridgehead atoms. The van der Waals surface area contributed by atoms with E-state index < -0.39 is 17.5 Å². The molecular weight excluding hydrogens is 611 g/mol. The Morgan fingerprint density at radius 1 is 1.14 bits per heavy atom. The van der Waals surface area contributed by atoms with Gasteiger partial charge in [-0.3, -0.25) is 19.3 Å². The molecule has 6 rings (SSSR count). The third-order valence-electron chi connectivity index (χ3n) is 7.62.